The van der Waals surface area contributed by atoms with E-state index in [1.54, 1.807) is 4.90 Å². The Labute approximate surface area is 164 Å². The summed E-state index contributed by atoms with van der Waals surface area (Å²) in [6.07, 6.45) is 1.65. The molecule has 1 aromatic rings. The van der Waals surface area contributed by atoms with Gasteiger partial charge in [-0.25, -0.2) is 0 Å². The van der Waals surface area contributed by atoms with Gasteiger partial charge in [0.1, 0.15) is 6.04 Å². The molecule has 2 saturated heterocycles. The van der Waals surface area contributed by atoms with Crippen LogP contribution in [0.15, 0.2) is 18.2 Å². The molecule has 0 aliphatic carbocycles. The number of nitrogens with zero attached hydrogens (tertiary/aromatic N) is 2. The monoisotopic (exact) mass is 386 g/mol. The molecule has 8 heteroatoms. The van der Waals surface area contributed by atoms with E-state index in [9.17, 15) is 14.4 Å². The topological polar surface area (TPSA) is 105 Å². The van der Waals surface area contributed by atoms with Crippen LogP contribution in [0.4, 0.5) is 0 Å². The molecule has 0 saturated carbocycles. The maximum absolute atomic E-state index is 12.9. The highest BCUT2D eigenvalue weighted by molar-refractivity contribution is 6.05. The van der Waals surface area contributed by atoms with Gasteiger partial charge in [0.25, 0.3) is 5.91 Å². The minimum Gasteiger partial charge on any atom is -0.376 e. The van der Waals surface area contributed by atoms with Gasteiger partial charge in [0.05, 0.1) is 6.10 Å². The van der Waals surface area contributed by atoms with Crippen molar-refractivity contribution >= 4 is 17.7 Å². The van der Waals surface area contributed by atoms with E-state index < -0.39 is 6.04 Å². The summed E-state index contributed by atoms with van der Waals surface area (Å²) in [6.45, 7) is 4.09. The molecule has 150 valence electrons. The predicted octanol–water partition coefficient (Wildman–Crippen LogP) is -0.00280. The average Bonchev–Trinajstić information content (AvgIpc) is 2.85. The molecule has 28 heavy (non-hydrogen) atoms. The number of nitrogens with one attached hydrogen (secondary N) is 1. The van der Waals surface area contributed by atoms with Crippen molar-refractivity contribution in [2.24, 2.45) is 5.73 Å². The first-order valence-electron chi connectivity index (χ1n) is 9.85. The lowest BCUT2D eigenvalue weighted by molar-refractivity contribution is -0.136. The Balaban J connectivity index is 1.47. The molecule has 0 spiro atoms. The summed E-state index contributed by atoms with van der Waals surface area (Å²) < 4.78 is 5.72. The molecule has 2 unspecified atom stereocenters. The zero-order chi connectivity index (χ0) is 19.7. The maximum Gasteiger partial charge on any atom is 0.255 e. The molecule has 2 fully saturated rings. The van der Waals surface area contributed by atoms with Crippen molar-refractivity contribution in [2.45, 2.75) is 44.5 Å². The molecule has 0 radical (unpaired) electrons. The molecule has 4 rings (SSSR count). The van der Waals surface area contributed by atoms with Crippen molar-refractivity contribution in [3.63, 3.8) is 0 Å². The van der Waals surface area contributed by atoms with Crippen LogP contribution in [-0.4, -0.2) is 65.9 Å². The molecule has 0 bridgehead atoms. The van der Waals surface area contributed by atoms with Gasteiger partial charge in [-0.1, -0.05) is 12.1 Å². The first-order chi connectivity index (χ1) is 13.5. The third-order valence-corrected chi connectivity index (χ3v) is 5.70. The Hall–Kier alpha value is -2.29. The highest BCUT2D eigenvalue weighted by Crippen LogP contribution is 2.28. The van der Waals surface area contributed by atoms with Gasteiger partial charge in [0, 0.05) is 51.3 Å². The van der Waals surface area contributed by atoms with E-state index >= 15 is 0 Å². The molecule has 2 atom stereocenters. The SMILES string of the molecule is NCC1CN(Cc2ccc3c(c2)C(=O)N(C2CCC(=O)NC2=O)C3)CCCO1. The van der Waals surface area contributed by atoms with Gasteiger partial charge in [0.2, 0.25) is 11.8 Å². The average molecular weight is 386 g/mol. The van der Waals surface area contributed by atoms with E-state index in [2.05, 4.69) is 10.2 Å². The molecule has 3 N–H and O–H groups in total. The van der Waals surface area contributed by atoms with Crippen LogP contribution in [0.2, 0.25) is 0 Å². The summed E-state index contributed by atoms with van der Waals surface area (Å²) >= 11 is 0. The second-order valence-electron chi connectivity index (χ2n) is 7.71. The minimum atomic E-state index is -0.575. The van der Waals surface area contributed by atoms with Crippen LogP contribution < -0.4 is 11.1 Å². The summed E-state index contributed by atoms with van der Waals surface area (Å²) in [7, 11) is 0. The first-order valence-corrected chi connectivity index (χ1v) is 9.85. The van der Waals surface area contributed by atoms with Gasteiger partial charge in [-0.05, 0) is 30.0 Å². The number of imide groups is 1. The fourth-order valence-corrected chi connectivity index (χ4v) is 4.21. The second kappa shape index (κ2) is 7.98. The second-order valence-corrected chi connectivity index (χ2v) is 7.71. The number of benzene rings is 1. The van der Waals surface area contributed by atoms with Gasteiger partial charge in [0.15, 0.2) is 0 Å². The molecular formula is C20H26N4O4. The number of fused-ring (bicyclic) bond motifs is 1. The van der Waals surface area contributed by atoms with Crippen molar-refractivity contribution in [1.29, 1.82) is 0 Å². The van der Waals surface area contributed by atoms with Gasteiger partial charge in [-0.3, -0.25) is 24.6 Å². The van der Waals surface area contributed by atoms with Crippen LogP contribution in [0.1, 0.15) is 40.7 Å². The van der Waals surface area contributed by atoms with Gasteiger partial charge < -0.3 is 15.4 Å². The predicted molar refractivity (Wildman–Crippen MR) is 101 cm³/mol. The number of rotatable bonds is 4. The van der Waals surface area contributed by atoms with Gasteiger partial charge in [-0.2, -0.15) is 0 Å². The van der Waals surface area contributed by atoms with Gasteiger partial charge in [-0.15, -0.1) is 0 Å². The summed E-state index contributed by atoms with van der Waals surface area (Å²) in [6, 6.07) is 5.38. The van der Waals surface area contributed by atoms with Crippen LogP contribution in [-0.2, 0) is 27.4 Å². The van der Waals surface area contributed by atoms with Crippen LogP contribution in [0.5, 0.6) is 0 Å². The fraction of sp³-hybridized carbons (Fsp3) is 0.550. The molecule has 8 nitrogen and oxygen atoms in total. The third kappa shape index (κ3) is 3.80. The number of carbonyl (C=O) groups is 3. The van der Waals surface area contributed by atoms with E-state index in [-0.39, 0.29) is 30.2 Å². The van der Waals surface area contributed by atoms with Crippen molar-refractivity contribution in [1.82, 2.24) is 15.1 Å². The lowest BCUT2D eigenvalue weighted by Crippen LogP contribution is -2.52. The normalized spacial score (nSPS) is 26.2. The molecule has 0 aromatic heterocycles. The highest BCUT2D eigenvalue weighted by Gasteiger charge is 2.39. The van der Waals surface area contributed by atoms with E-state index in [4.69, 9.17) is 10.5 Å². The minimum absolute atomic E-state index is 0.0431. The number of hydrogen-bond acceptors (Lipinski definition) is 6. The quantitative estimate of drug-likeness (QED) is 0.706. The Kier molecular flexibility index (Phi) is 5.43. The summed E-state index contributed by atoms with van der Waals surface area (Å²) in [5, 5.41) is 2.33. The molecule has 3 amide bonds. The number of ether oxygens (including phenoxy) is 1. The van der Waals surface area contributed by atoms with E-state index in [0.717, 1.165) is 43.8 Å². The summed E-state index contributed by atoms with van der Waals surface area (Å²) in [5.41, 5.74) is 8.42. The summed E-state index contributed by atoms with van der Waals surface area (Å²) in [4.78, 5) is 40.4. The van der Waals surface area contributed by atoms with Crippen molar-refractivity contribution in [2.75, 3.05) is 26.2 Å². The Bertz CT molecular complexity index is 796. The van der Waals surface area contributed by atoms with Crippen LogP contribution in [0.3, 0.4) is 0 Å². The Morgan fingerprint density at radius 3 is 2.89 bits per heavy atom. The highest BCUT2D eigenvalue weighted by atomic mass is 16.5. The zero-order valence-corrected chi connectivity index (χ0v) is 15.9. The zero-order valence-electron chi connectivity index (χ0n) is 15.9. The molecular weight excluding hydrogens is 360 g/mol. The number of piperidine rings is 1. The molecule has 3 heterocycles. The Morgan fingerprint density at radius 2 is 2.11 bits per heavy atom. The lowest BCUT2D eigenvalue weighted by Gasteiger charge is -2.29. The maximum atomic E-state index is 12.9. The van der Waals surface area contributed by atoms with Crippen LogP contribution in [0, 0.1) is 0 Å². The van der Waals surface area contributed by atoms with E-state index in [1.807, 2.05) is 18.2 Å². The van der Waals surface area contributed by atoms with E-state index in [0.29, 0.717) is 25.1 Å². The van der Waals surface area contributed by atoms with Crippen molar-refractivity contribution in [3.8, 4) is 0 Å². The Morgan fingerprint density at radius 1 is 1.25 bits per heavy atom. The largest absolute Gasteiger partial charge is 0.376 e. The van der Waals surface area contributed by atoms with Crippen LogP contribution >= 0.6 is 0 Å². The van der Waals surface area contributed by atoms with Crippen LogP contribution in [0.25, 0.3) is 0 Å². The smallest absolute Gasteiger partial charge is 0.255 e. The number of hydrogen-bond donors (Lipinski definition) is 2. The number of nitrogens with two attached hydrogens (primary N) is 1. The standard InChI is InChI=1S/C20H26N4O4/c21-9-15-12-23(6-1-7-28-15)10-13-2-3-14-11-24(20(27)16(14)8-13)17-4-5-18(25)22-19(17)26/h2-3,8,15,17H,1,4-7,9-12,21H2,(H,22,25,26). The van der Waals surface area contributed by atoms with Gasteiger partial charge >= 0.3 is 0 Å². The van der Waals surface area contributed by atoms with Crippen molar-refractivity contribution < 1.29 is 19.1 Å². The van der Waals surface area contributed by atoms with E-state index in [1.165, 1.54) is 0 Å². The number of amides is 3. The fourth-order valence-electron chi connectivity index (χ4n) is 4.21. The third-order valence-electron chi connectivity index (χ3n) is 5.70. The van der Waals surface area contributed by atoms with Crippen molar-refractivity contribution in [3.05, 3.63) is 34.9 Å². The molecule has 3 aliphatic heterocycles. The molecule has 1 aromatic carbocycles. The summed E-state index contributed by atoms with van der Waals surface area (Å²) in [5.74, 6) is -0.787. The lowest BCUT2D eigenvalue weighted by atomic mass is 10.0. The first kappa shape index (κ1) is 19.0. The number of carbonyl (C=O) groups excluding carboxylic acids is 3. The molecule has 3 aliphatic rings.